The summed E-state index contributed by atoms with van der Waals surface area (Å²) in [5, 5.41) is 0.635. The minimum atomic E-state index is -4.49. The topological polar surface area (TPSA) is 42.1 Å². The lowest BCUT2D eigenvalue weighted by atomic mass is 9.99. The number of ether oxygens (including phenoxy) is 1. The van der Waals surface area contributed by atoms with Crippen molar-refractivity contribution in [1.82, 2.24) is 4.98 Å². The number of pyridine rings is 1. The minimum absolute atomic E-state index is 0.255. The van der Waals surface area contributed by atoms with Crippen LogP contribution in [0, 0.1) is 0 Å². The summed E-state index contributed by atoms with van der Waals surface area (Å²) >= 11 is 6.00. The molecule has 124 valence electrons. The molecule has 3 aromatic rings. The first kappa shape index (κ1) is 16.4. The molecule has 0 fully saturated rings. The number of H-pyrrole nitrogens is 1. The summed E-state index contributed by atoms with van der Waals surface area (Å²) in [4.78, 5) is 14.4. The van der Waals surface area contributed by atoms with Gasteiger partial charge in [0.15, 0.2) is 0 Å². The number of aromatic amines is 1. The summed E-state index contributed by atoms with van der Waals surface area (Å²) in [6.45, 7) is 0. The summed E-state index contributed by atoms with van der Waals surface area (Å²) < 4.78 is 44.3. The Bertz CT molecular complexity index is 980. The molecule has 0 aliphatic carbocycles. The zero-order chi connectivity index (χ0) is 17.5. The van der Waals surface area contributed by atoms with Crippen molar-refractivity contribution in [2.45, 2.75) is 6.18 Å². The number of fused-ring (bicyclic) bond motifs is 1. The summed E-state index contributed by atoms with van der Waals surface area (Å²) in [5.41, 5.74) is -0.171. The van der Waals surface area contributed by atoms with E-state index in [1.54, 1.807) is 18.2 Å². The van der Waals surface area contributed by atoms with E-state index in [2.05, 4.69) is 4.98 Å². The van der Waals surface area contributed by atoms with Crippen LogP contribution in [0.1, 0.15) is 5.56 Å². The number of hydrogen-bond acceptors (Lipinski definition) is 2. The standard InChI is InChI=1S/C17H11ClF3NO2/c1-24-15-5-3-10(18)7-13(15)11-8-16(23)22-14-4-2-9(6-12(11)14)17(19,20)21/h2-8H,1H3,(H,22,23). The maximum atomic E-state index is 13.0. The number of benzene rings is 2. The van der Waals surface area contributed by atoms with Gasteiger partial charge in [0.1, 0.15) is 5.75 Å². The molecule has 0 aliphatic rings. The van der Waals surface area contributed by atoms with E-state index in [1.807, 2.05) is 0 Å². The molecule has 1 N–H and O–H groups in total. The molecule has 24 heavy (non-hydrogen) atoms. The third-order valence-corrected chi connectivity index (χ3v) is 3.86. The van der Waals surface area contributed by atoms with Gasteiger partial charge in [0.05, 0.1) is 12.7 Å². The Morgan fingerprint density at radius 1 is 1.04 bits per heavy atom. The highest BCUT2D eigenvalue weighted by molar-refractivity contribution is 6.31. The van der Waals surface area contributed by atoms with Crippen molar-refractivity contribution in [2.24, 2.45) is 0 Å². The number of alkyl halides is 3. The zero-order valence-corrected chi connectivity index (χ0v) is 13.1. The van der Waals surface area contributed by atoms with E-state index in [-0.39, 0.29) is 5.39 Å². The van der Waals surface area contributed by atoms with Gasteiger partial charge in [0, 0.05) is 33.1 Å². The smallest absolute Gasteiger partial charge is 0.416 e. The van der Waals surface area contributed by atoms with Crippen molar-refractivity contribution in [1.29, 1.82) is 0 Å². The van der Waals surface area contributed by atoms with E-state index in [0.717, 1.165) is 12.1 Å². The third kappa shape index (κ3) is 2.97. The number of methoxy groups -OCH3 is 1. The zero-order valence-electron chi connectivity index (χ0n) is 12.4. The lowest BCUT2D eigenvalue weighted by Gasteiger charge is -2.13. The molecule has 0 atom stereocenters. The van der Waals surface area contributed by atoms with Crippen molar-refractivity contribution in [3.8, 4) is 16.9 Å². The molecule has 3 nitrogen and oxygen atoms in total. The normalized spacial score (nSPS) is 11.7. The van der Waals surface area contributed by atoms with Gasteiger partial charge in [-0.3, -0.25) is 4.79 Å². The lowest BCUT2D eigenvalue weighted by Crippen LogP contribution is -2.08. The van der Waals surface area contributed by atoms with E-state index in [0.29, 0.717) is 27.4 Å². The predicted octanol–water partition coefficient (Wildman–Crippen LogP) is 4.88. The Morgan fingerprint density at radius 2 is 1.79 bits per heavy atom. The molecule has 0 spiro atoms. The maximum absolute atomic E-state index is 13.0. The van der Waals surface area contributed by atoms with Crippen molar-refractivity contribution in [3.63, 3.8) is 0 Å². The Morgan fingerprint density at radius 3 is 2.46 bits per heavy atom. The molecule has 0 radical (unpaired) electrons. The van der Waals surface area contributed by atoms with Crippen LogP contribution in [0.5, 0.6) is 5.75 Å². The molecule has 1 heterocycles. The minimum Gasteiger partial charge on any atom is -0.496 e. The van der Waals surface area contributed by atoms with E-state index in [1.165, 1.54) is 19.2 Å². The fourth-order valence-electron chi connectivity index (χ4n) is 2.54. The Labute approximate surface area is 139 Å². The molecule has 2 aromatic carbocycles. The van der Waals surface area contributed by atoms with Crippen LogP contribution in [0.25, 0.3) is 22.0 Å². The summed E-state index contributed by atoms with van der Waals surface area (Å²) in [6, 6.07) is 9.14. The highest BCUT2D eigenvalue weighted by Gasteiger charge is 2.30. The Hall–Kier alpha value is -2.47. The highest BCUT2D eigenvalue weighted by Crippen LogP contribution is 2.38. The predicted molar refractivity (Wildman–Crippen MR) is 86.6 cm³/mol. The van der Waals surface area contributed by atoms with Gasteiger partial charge in [-0.15, -0.1) is 0 Å². The van der Waals surface area contributed by atoms with E-state index < -0.39 is 17.3 Å². The third-order valence-electron chi connectivity index (χ3n) is 3.62. The van der Waals surface area contributed by atoms with Crippen LogP contribution in [0.4, 0.5) is 13.2 Å². The quantitative estimate of drug-likeness (QED) is 0.713. The van der Waals surface area contributed by atoms with E-state index in [9.17, 15) is 18.0 Å². The average molecular weight is 354 g/mol. The molecule has 0 amide bonds. The number of hydrogen-bond donors (Lipinski definition) is 1. The van der Waals surface area contributed by atoms with Crippen LogP contribution >= 0.6 is 11.6 Å². The molecule has 0 unspecified atom stereocenters. The fourth-order valence-corrected chi connectivity index (χ4v) is 2.72. The van der Waals surface area contributed by atoms with E-state index in [4.69, 9.17) is 16.3 Å². The second-order valence-corrected chi connectivity index (χ2v) is 5.59. The van der Waals surface area contributed by atoms with Crippen LogP contribution < -0.4 is 10.3 Å². The van der Waals surface area contributed by atoms with Crippen LogP contribution in [-0.4, -0.2) is 12.1 Å². The van der Waals surface area contributed by atoms with Gasteiger partial charge in [-0.1, -0.05) is 11.6 Å². The van der Waals surface area contributed by atoms with Crippen LogP contribution in [-0.2, 0) is 6.18 Å². The number of rotatable bonds is 2. The molecule has 0 saturated heterocycles. The van der Waals surface area contributed by atoms with Gasteiger partial charge < -0.3 is 9.72 Å². The fraction of sp³-hybridized carbons (Fsp3) is 0.118. The molecule has 0 aliphatic heterocycles. The highest BCUT2D eigenvalue weighted by atomic mass is 35.5. The number of aromatic nitrogens is 1. The molecule has 7 heteroatoms. The summed E-state index contributed by atoms with van der Waals surface area (Å²) in [7, 11) is 1.43. The molecule has 0 saturated carbocycles. The Kier molecular flexibility index (Phi) is 4.01. The van der Waals surface area contributed by atoms with E-state index >= 15 is 0 Å². The maximum Gasteiger partial charge on any atom is 0.416 e. The van der Waals surface area contributed by atoms with Crippen LogP contribution in [0.15, 0.2) is 47.3 Å². The van der Waals surface area contributed by atoms with Gasteiger partial charge in [-0.2, -0.15) is 13.2 Å². The SMILES string of the molecule is COc1ccc(Cl)cc1-c1cc(=O)[nH]c2ccc(C(F)(F)F)cc12. The molecular formula is C17H11ClF3NO2. The molecular weight excluding hydrogens is 343 g/mol. The van der Waals surface area contributed by atoms with Gasteiger partial charge in [-0.05, 0) is 36.4 Å². The second-order valence-electron chi connectivity index (χ2n) is 5.15. The molecule has 3 rings (SSSR count). The summed E-state index contributed by atoms with van der Waals surface area (Å²) in [6.07, 6.45) is -4.49. The van der Waals surface area contributed by atoms with Gasteiger partial charge in [0.2, 0.25) is 5.56 Å². The average Bonchev–Trinajstić information content (AvgIpc) is 2.52. The second kappa shape index (κ2) is 5.87. The monoisotopic (exact) mass is 353 g/mol. The van der Waals surface area contributed by atoms with Gasteiger partial charge in [-0.25, -0.2) is 0 Å². The first-order valence-electron chi connectivity index (χ1n) is 6.88. The number of halogens is 4. The first-order chi connectivity index (χ1) is 11.3. The number of nitrogens with one attached hydrogen (secondary N) is 1. The van der Waals surface area contributed by atoms with Crippen LogP contribution in [0.3, 0.4) is 0 Å². The van der Waals surface area contributed by atoms with Crippen molar-refractivity contribution < 1.29 is 17.9 Å². The van der Waals surface area contributed by atoms with Crippen molar-refractivity contribution in [2.75, 3.05) is 7.11 Å². The largest absolute Gasteiger partial charge is 0.496 e. The lowest BCUT2D eigenvalue weighted by molar-refractivity contribution is -0.137. The summed E-state index contributed by atoms with van der Waals surface area (Å²) in [5.74, 6) is 0.406. The Balaban J connectivity index is 2.39. The van der Waals surface area contributed by atoms with Gasteiger partial charge in [0.25, 0.3) is 0 Å². The first-order valence-corrected chi connectivity index (χ1v) is 7.25. The van der Waals surface area contributed by atoms with Crippen LogP contribution in [0.2, 0.25) is 5.02 Å². The van der Waals surface area contributed by atoms with Crippen molar-refractivity contribution >= 4 is 22.5 Å². The molecule has 1 aromatic heterocycles. The van der Waals surface area contributed by atoms with Crippen molar-refractivity contribution in [3.05, 3.63) is 63.4 Å². The molecule has 0 bridgehead atoms. The van der Waals surface area contributed by atoms with Gasteiger partial charge >= 0.3 is 6.18 Å².